The summed E-state index contributed by atoms with van der Waals surface area (Å²) >= 11 is 0. The summed E-state index contributed by atoms with van der Waals surface area (Å²) in [4.78, 5) is 0. The highest BCUT2D eigenvalue weighted by molar-refractivity contribution is 5.01. The number of hydrogen-bond acceptors (Lipinski definition) is 6. The number of aliphatic hydroxyl groups excluding tert-OH is 1. The van der Waals surface area contributed by atoms with E-state index >= 15 is 0 Å². The van der Waals surface area contributed by atoms with Gasteiger partial charge in [-0.3, -0.25) is 0 Å². The second kappa shape index (κ2) is 6.00. The minimum Gasteiger partial charge on any atom is -0.394 e. The molecule has 1 N–H and O–H groups in total. The van der Waals surface area contributed by atoms with Gasteiger partial charge in [0.15, 0.2) is 0 Å². The maximum Gasteiger partial charge on any atom is 0.224 e. The summed E-state index contributed by atoms with van der Waals surface area (Å²) < 4.78 is 30.9. The SMILES string of the molecule is OC[C@H]1OCC[C@H]2O[C@@]3(CCCCO3)[C@]3(CCCCO3)O[C@H]12. The summed E-state index contributed by atoms with van der Waals surface area (Å²) in [5.41, 5.74) is 0. The van der Waals surface area contributed by atoms with Crippen molar-refractivity contribution in [2.75, 3.05) is 26.4 Å². The maximum absolute atomic E-state index is 9.59. The predicted molar refractivity (Wildman–Crippen MR) is 76.3 cm³/mol. The molecule has 126 valence electrons. The van der Waals surface area contributed by atoms with E-state index < -0.39 is 11.6 Å². The molecule has 2 spiro atoms. The van der Waals surface area contributed by atoms with Crippen LogP contribution in [0.15, 0.2) is 0 Å². The minimum atomic E-state index is -0.846. The Bertz CT molecular complexity index is 388. The molecule has 4 aliphatic rings. The Labute approximate surface area is 131 Å². The standard InChI is InChI=1S/C16H26O6/c17-11-13-14-12(5-10-18-13)21-15(6-1-3-8-19-15)16(22-14)7-2-4-9-20-16/h12-14,17H,1-11H2/t12-,13-,14+,15+,16+/m1/s1. The third kappa shape index (κ3) is 2.32. The van der Waals surface area contributed by atoms with Gasteiger partial charge in [0.2, 0.25) is 11.6 Å². The molecule has 6 nitrogen and oxygen atoms in total. The summed E-state index contributed by atoms with van der Waals surface area (Å²) in [6.07, 6.45) is 5.81. The van der Waals surface area contributed by atoms with Crippen LogP contribution in [0.4, 0.5) is 0 Å². The first-order valence-corrected chi connectivity index (χ1v) is 8.65. The second-order valence-electron chi connectivity index (χ2n) is 6.74. The van der Waals surface area contributed by atoms with Crippen molar-refractivity contribution in [2.24, 2.45) is 0 Å². The lowest BCUT2D eigenvalue weighted by atomic mass is 9.87. The van der Waals surface area contributed by atoms with Crippen molar-refractivity contribution in [3.8, 4) is 0 Å². The largest absolute Gasteiger partial charge is 0.394 e. The first-order valence-electron chi connectivity index (χ1n) is 8.65. The Morgan fingerprint density at radius 1 is 0.864 bits per heavy atom. The van der Waals surface area contributed by atoms with Crippen molar-refractivity contribution in [3.63, 3.8) is 0 Å². The molecule has 4 heterocycles. The van der Waals surface area contributed by atoms with Gasteiger partial charge in [0.1, 0.15) is 12.2 Å². The quantitative estimate of drug-likeness (QED) is 0.788. The van der Waals surface area contributed by atoms with Crippen LogP contribution >= 0.6 is 0 Å². The molecular weight excluding hydrogens is 288 g/mol. The van der Waals surface area contributed by atoms with Gasteiger partial charge in [-0.25, -0.2) is 0 Å². The van der Waals surface area contributed by atoms with Crippen LogP contribution in [-0.2, 0) is 23.7 Å². The fourth-order valence-electron chi connectivity index (χ4n) is 4.24. The minimum absolute atomic E-state index is 0.0610. The van der Waals surface area contributed by atoms with Crippen LogP contribution in [0.25, 0.3) is 0 Å². The Hall–Kier alpha value is -0.240. The molecule has 0 radical (unpaired) electrons. The smallest absolute Gasteiger partial charge is 0.224 e. The molecule has 0 aliphatic carbocycles. The van der Waals surface area contributed by atoms with Crippen LogP contribution in [0.2, 0.25) is 0 Å². The van der Waals surface area contributed by atoms with E-state index in [1.807, 2.05) is 0 Å². The van der Waals surface area contributed by atoms with Gasteiger partial charge in [-0.05, 0) is 32.1 Å². The van der Waals surface area contributed by atoms with Gasteiger partial charge < -0.3 is 28.8 Å². The molecule has 0 aromatic carbocycles. The normalized spacial score (nSPS) is 49.2. The first kappa shape index (κ1) is 15.3. The number of aliphatic hydroxyl groups is 1. The van der Waals surface area contributed by atoms with Gasteiger partial charge in [-0.1, -0.05) is 0 Å². The molecule has 4 rings (SSSR count). The van der Waals surface area contributed by atoms with Crippen molar-refractivity contribution < 1.29 is 28.8 Å². The van der Waals surface area contributed by atoms with Crippen LogP contribution in [0.3, 0.4) is 0 Å². The zero-order valence-electron chi connectivity index (χ0n) is 13.0. The average molecular weight is 314 g/mol. The Morgan fingerprint density at radius 2 is 1.55 bits per heavy atom. The van der Waals surface area contributed by atoms with E-state index in [9.17, 15) is 5.11 Å². The Morgan fingerprint density at radius 3 is 2.14 bits per heavy atom. The Kier molecular flexibility index (Phi) is 4.17. The molecule has 22 heavy (non-hydrogen) atoms. The highest BCUT2D eigenvalue weighted by atomic mass is 16.8. The average Bonchev–Trinajstić information content (AvgIpc) is 2.57. The molecule has 0 aromatic rings. The van der Waals surface area contributed by atoms with E-state index in [1.165, 1.54) is 0 Å². The molecule has 5 atom stereocenters. The summed E-state index contributed by atoms with van der Waals surface area (Å²) in [5.74, 6) is -1.63. The van der Waals surface area contributed by atoms with E-state index in [0.29, 0.717) is 19.8 Å². The molecule has 4 saturated heterocycles. The monoisotopic (exact) mass is 314 g/mol. The van der Waals surface area contributed by atoms with Crippen LogP contribution in [0.1, 0.15) is 44.9 Å². The molecule has 0 saturated carbocycles. The zero-order chi connectivity index (χ0) is 15.0. The number of ether oxygens (including phenoxy) is 5. The van der Waals surface area contributed by atoms with Gasteiger partial charge in [-0.15, -0.1) is 0 Å². The zero-order valence-corrected chi connectivity index (χ0v) is 13.0. The fraction of sp³-hybridized carbons (Fsp3) is 1.00. The van der Waals surface area contributed by atoms with Gasteiger partial charge in [0.05, 0.1) is 25.9 Å². The Balaban J connectivity index is 1.65. The molecule has 0 bridgehead atoms. The second-order valence-corrected chi connectivity index (χ2v) is 6.74. The highest BCUT2D eigenvalue weighted by Crippen LogP contribution is 2.50. The topological polar surface area (TPSA) is 66.4 Å². The summed E-state index contributed by atoms with van der Waals surface area (Å²) in [6, 6.07) is 0. The third-order valence-corrected chi connectivity index (χ3v) is 5.37. The summed E-state index contributed by atoms with van der Waals surface area (Å²) in [7, 11) is 0. The van der Waals surface area contributed by atoms with Crippen molar-refractivity contribution in [3.05, 3.63) is 0 Å². The van der Waals surface area contributed by atoms with Crippen molar-refractivity contribution in [1.29, 1.82) is 0 Å². The summed E-state index contributed by atoms with van der Waals surface area (Å²) in [6.45, 7) is 1.87. The van der Waals surface area contributed by atoms with Crippen LogP contribution < -0.4 is 0 Å². The van der Waals surface area contributed by atoms with E-state index in [4.69, 9.17) is 23.7 Å². The molecular formula is C16H26O6. The lowest BCUT2D eigenvalue weighted by molar-refractivity contribution is -0.491. The number of rotatable bonds is 1. The number of hydrogen-bond donors (Lipinski definition) is 1. The van der Waals surface area contributed by atoms with E-state index in [2.05, 4.69) is 0 Å². The van der Waals surface area contributed by atoms with E-state index in [1.54, 1.807) is 0 Å². The lowest BCUT2D eigenvalue weighted by Crippen LogP contribution is -2.72. The molecule has 0 unspecified atom stereocenters. The first-order chi connectivity index (χ1) is 10.8. The van der Waals surface area contributed by atoms with Crippen molar-refractivity contribution in [2.45, 2.75) is 74.8 Å². The van der Waals surface area contributed by atoms with E-state index in [-0.39, 0.29) is 24.9 Å². The van der Waals surface area contributed by atoms with Crippen molar-refractivity contribution >= 4 is 0 Å². The van der Waals surface area contributed by atoms with Gasteiger partial charge in [0.25, 0.3) is 0 Å². The summed E-state index contributed by atoms with van der Waals surface area (Å²) in [5, 5.41) is 9.59. The van der Waals surface area contributed by atoms with Gasteiger partial charge in [-0.2, -0.15) is 0 Å². The van der Waals surface area contributed by atoms with Gasteiger partial charge in [0, 0.05) is 19.4 Å². The van der Waals surface area contributed by atoms with Crippen LogP contribution in [-0.4, -0.2) is 61.4 Å². The van der Waals surface area contributed by atoms with Crippen molar-refractivity contribution in [1.82, 2.24) is 0 Å². The molecule has 4 fully saturated rings. The van der Waals surface area contributed by atoms with E-state index in [0.717, 1.165) is 44.9 Å². The molecule has 6 heteroatoms. The van der Waals surface area contributed by atoms with Gasteiger partial charge >= 0.3 is 0 Å². The molecule has 4 aliphatic heterocycles. The number of fused-ring (bicyclic) bond motifs is 2. The maximum atomic E-state index is 9.59. The molecule has 0 aromatic heterocycles. The predicted octanol–water partition coefficient (Wildman–Crippen LogP) is 1.35. The molecule has 0 amide bonds. The lowest BCUT2D eigenvalue weighted by Gasteiger charge is -2.59. The highest BCUT2D eigenvalue weighted by Gasteiger charge is 2.64. The fourth-order valence-corrected chi connectivity index (χ4v) is 4.24. The van der Waals surface area contributed by atoms with Crippen LogP contribution in [0, 0.1) is 0 Å². The van der Waals surface area contributed by atoms with Crippen LogP contribution in [0.5, 0.6) is 0 Å². The third-order valence-electron chi connectivity index (χ3n) is 5.37.